The van der Waals surface area contributed by atoms with Gasteiger partial charge in [0.25, 0.3) is 0 Å². The second-order valence-corrected chi connectivity index (χ2v) is 6.78. The Bertz CT molecular complexity index is 806. The maximum Gasteiger partial charge on any atom is 0.250 e. The molecule has 2 aromatic rings. The van der Waals surface area contributed by atoms with E-state index in [0.29, 0.717) is 5.11 Å². The Morgan fingerprint density at radius 1 is 1.30 bits per heavy atom. The first kappa shape index (κ1) is 19.0. The molecule has 0 spiro atoms. The van der Waals surface area contributed by atoms with Crippen molar-refractivity contribution in [2.75, 3.05) is 13.7 Å². The highest BCUT2D eigenvalue weighted by Crippen LogP contribution is 2.30. The molecule has 0 bridgehead atoms. The molecule has 1 N–H and O–H groups in total. The summed E-state index contributed by atoms with van der Waals surface area (Å²) in [6.07, 6.45) is 10.1. The number of nitrogens with zero attached hydrogens (tertiary/aromatic N) is 2. The summed E-state index contributed by atoms with van der Waals surface area (Å²) in [6, 6.07) is 11.6. The van der Waals surface area contributed by atoms with Crippen molar-refractivity contribution in [1.82, 2.24) is 15.2 Å². The third-order valence-electron chi connectivity index (χ3n) is 4.61. The summed E-state index contributed by atoms with van der Waals surface area (Å²) in [7, 11) is 1.62. The molecule has 1 aliphatic heterocycles. The molecule has 1 aliphatic rings. The monoisotopic (exact) mass is 381 g/mol. The number of hydrogen-bond donors (Lipinski definition) is 1. The fraction of sp³-hybridized carbons (Fsp3) is 0.286. The van der Waals surface area contributed by atoms with Crippen LogP contribution >= 0.6 is 12.2 Å². The molecule has 1 atom stereocenters. The highest BCUT2D eigenvalue weighted by Gasteiger charge is 2.26. The average Bonchev–Trinajstić information content (AvgIpc) is 2.73. The number of rotatable bonds is 4. The van der Waals surface area contributed by atoms with Crippen molar-refractivity contribution >= 4 is 29.3 Å². The Kier molecular flexibility index (Phi) is 6.54. The SMILES string of the molecule is COc1ccc(C=CC(=O)NC(=S)N2CCCC[C@H]2c2cccnc2)cc1. The van der Waals surface area contributed by atoms with E-state index in [1.165, 1.54) is 6.08 Å². The number of ether oxygens (including phenoxy) is 1. The van der Waals surface area contributed by atoms with Gasteiger partial charge in [0.1, 0.15) is 5.75 Å². The van der Waals surface area contributed by atoms with Gasteiger partial charge in [-0.05, 0) is 66.9 Å². The molecule has 0 unspecified atom stereocenters. The van der Waals surface area contributed by atoms with Gasteiger partial charge in [-0.15, -0.1) is 0 Å². The van der Waals surface area contributed by atoms with Crippen molar-refractivity contribution in [3.05, 3.63) is 66.0 Å². The van der Waals surface area contributed by atoms with Gasteiger partial charge in [0.05, 0.1) is 13.2 Å². The first-order valence-electron chi connectivity index (χ1n) is 9.01. The predicted molar refractivity (Wildman–Crippen MR) is 110 cm³/mol. The number of piperidine rings is 1. The van der Waals surface area contributed by atoms with Gasteiger partial charge in [-0.1, -0.05) is 18.2 Å². The molecule has 0 aliphatic carbocycles. The molecular weight excluding hydrogens is 358 g/mol. The quantitative estimate of drug-likeness (QED) is 0.646. The first-order valence-corrected chi connectivity index (χ1v) is 9.42. The number of likely N-dealkylation sites (tertiary alicyclic amines) is 1. The molecule has 5 nitrogen and oxygen atoms in total. The van der Waals surface area contributed by atoms with Crippen LogP contribution in [-0.4, -0.2) is 34.6 Å². The molecule has 3 rings (SSSR count). The molecule has 1 fully saturated rings. The Morgan fingerprint density at radius 2 is 2.11 bits per heavy atom. The van der Waals surface area contributed by atoms with Gasteiger partial charge < -0.3 is 9.64 Å². The van der Waals surface area contributed by atoms with Crippen LogP contribution in [0.3, 0.4) is 0 Å². The van der Waals surface area contributed by atoms with Gasteiger partial charge in [0.2, 0.25) is 5.91 Å². The van der Waals surface area contributed by atoms with Crippen LogP contribution in [0.4, 0.5) is 0 Å². The number of thiocarbonyl (C=S) groups is 1. The van der Waals surface area contributed by atoms with E-state index in [9.17, 15) is 4.79 Å². The molecule has 140 valence electrons. The van der Waals surface area contributed by atoms with E-state index in [4.69, 9.17) is 17.0 Å². The number of benzene rings is 1. The zero-order chi connectivity index (χ0) is 19.1. The van der Waals surface area contributed by atoms with Crippen LogP contribution in [0, 0.1) is 0 Å². The number of carbonyl (C=O) groups is 1. The lowest BCUT2D eigenvalue weighted by Crippen LogP contribution is -2.46. The van der Waals surface area contributed by atoms with Crippen molar-refractivity contribution in [3.63, 3.8) is 0 Å². The Hall–Kier alpha value is -2.73. The number of pyridine rings is 1. The molecule has 0 saturated carbocycles. The van der Waals surface area contributed by atoms with E-state index in [2.05, 4.69) is 21.3 Å². The summed E-state index contributed by atoms with van der Waals surface area (Å²) in [5, 5.41) is 3.29. The fourth-order valence-electron chi connectivity index (χ4n) is 3.20. The molecule has 2 heterocycles. The Labute approximate surface area is 165 Å². The highest BCUT2D eigenvalue weighted by atomic mass is 32.1. The molecule has 1 amide bonds. The molecule has 6 heteroatoms. The Balaban J connectivity index is 1.62. The van der Waals surface area contributed by atoms with Gasteiger partial charge >= 0.3 is 0 Å². The zero-order valence-corrected chi connectivity index (χ0v) is 16.1. The molecule has 0 radical (unpaired) electrons. The molecular formula is C21H23N3O2S. The van der Waals surface area contributed by atoms with Crippen LogP contribution in [0.5, 0.6) is 5.75 Å². The van der Waals surface area contributed by atoms with Gasteiger partial charge in [-0.3, -0.25) is 15.1 Å². The zero-order valence-electron chi connectivity index (χ0n) is 15.3. The van der Waals surface area contributed by atoms with Crippen LogP contribution in [0.2, 0.25) is 0 Å². The van der Waals surface area contributed by atoms with Gasteiger partial charge in [0.15, 0.2) is 5.11 Å². The maximum absolute atomic E-state index is 12.3. The topological polar surface area (TPSA) is 54.5 Å². The third-order valence-corrected chi connectivity index (χ3v) is 4.94. The van der Waals surface area contributed by atoms with Gasteiger partial charge in [0, 0.05) is 25.0 Å². The summed E-state index contributed by atoms with van der Waals surface area (Å²) < 4.78 is 5.13. The van der Waals surface area contributed by atoms with Crippen molar-refractivity contribution in [2.24, 2.45) is 0 Å². The summed E-state index contributed by atoms with van der Waals surface area (Å²) in [5.41, 5.74) is 2.05. The lowest BCUT2D eigenvalue weighted by molar-refractivity contribution is -0.115. The van der Waals surface area contributed by atoms with Gasteiger partial charge in [-0.25, -0.2) is 0 Å². The van der Waals surface area contributed by atoms with Crippen molar-refractivity contribution in [1.29, 1.82) is 0 Å². The standard InChI is InChI=1S/C21H23N3O2S/c1-26-18-10-7-16(8-11-18)9-12-20(25)23-21(27)24-14-3-2-6-19(24)17-5-4-13-22-15-17/h4-5,7-13,15,19H,2-3,6,14H2,1H3,(H,23,25,27)/t19-/m0/s1. The van der Waals surface area contributed by atoms with Gasteiger partial charge in [-0.2, -0.15) is 0 Å². The van der Waals surface area contributed by atoms with E-state index in [-0.39, 0.29) is 11.9 Å². The van der Waals surface area contributed by atoms with Crippen molar-refractivity contribution in [3.8, 4) is 5.75 Å². The van der Waals surface area contributed by atoms with Crippen LogP contribution < -0.4 is 10.1 Å². The third kappa shape index (κ3) is 5.14. The number of nitrogens with one attached hydrogen (secondary N) is 1. The van der Waals surface area contributed by atoms with Crippen LogP contribution in [0.1, 0.15) is 36.4 Å². The summed E-state index contributed by atoms with van der Waals surface area (Å²) in [5.74, 6) is 0.552. The van der Waals surface area contributed by atoms with E-state index in [1.807, 2.05) is 36.5 Å². The normalized spacial score (nSPS) is 16.9. The predicted octanol–water partition coefficient (Wildman–Crippen LogP) is 3.73. The van der Waals surface area contributed by atoms with Crippen LogP contribution in [0.25, 0.3) is 6.08 Å². The average molecular weight is 382 g/mol. The minimum atomic E-state index is -0.230. The minimum absolute atomic E-state index is 0.158. The molecule has 1 saturated heterocycles. The molecule has 1 aromatic heterocycles. The van der Waals surface area contributed by atoms with E-state index in [0.717, 1.165) is 42.7 Å². The summed E-state index contributed by atoms with van der Waals surface area (Å²) in [4.78, 5) is 18.6. The number of methoxy groups -OCH3 is 1. The van der Waals surface area contributed by atoms with E-state index in [1.54, 1.807) is 19.4 Å². The minimum Gasteiger partial charge on any atom is -0.497 e. The van der Waals surface area contributed by atoms with E-state index < -0.39 is 0 Å². The lowest BCUT2D eigenvalue weighted by atomic mass is 9.97. The fourth-order valence-corrected chi connectivity index (χ4v) is 3.52. The highest BCUT2D eigenvalue weighted by molar-refractivity contribution is 7.80. The summed E-state index contributed by atoms with van der Waals surface area (Å²) >= 11 is 5.51. The molecule has 27 heavy (non-hydrogen) atoms. The molecule has 1 aromatic carbocycles. The second-order valence-electron chi connectivity index (χ2n) is 6.39. The van der Waals surface area contributed by atoms with Crippen molar-refractivity contribution in [2.45, 2.75) is 25.3 Å². The summed E-state index contributed by atoms with van der Waals surface area (Å²) in [6.45, 7) is 0.834. The number of carbonyl (C=O) groups excluding carboxylic acids is 1. The largest absolute Gasteiger partial charge is 0.497 e. The van der Waals surface area contributed by atoms with Crippen molar-refractivity contribution < 1.29 is 9.53 Å². The number of amides is 1. The lowest BCUT2D eigenvalue weighted by Gasteiger charge is -2.37. The van der Waals surface area contributed by atoms with E-state index >= 15 is 0 Å². The first-order chi connectivity index (χ1) is 13.2. The van der Waals surface area contributed by atoms with Crippen LogP contribution in [0.15, 0.2) is 54.9 Å². The number of hydrogen-bond acceptors (Lipinski definition) is 4. The Morgan fingerprint density at radius 3 is 2.81 bits per heavy atom. The maximum atomic E-state index is 12.3. The second kappa shape index (κ2) is 9.28. The number of aromatic nitrogens is 1. The van der Waals surface area contributed by atoms with Crippen LogP contribution in [-0.2, 0) is 4.79 Å². The smallest absolute Gasteiger partial charge is 0.250 e.